The van der Waals surface area contributed by atoms with Crippen molar-refractivity contribution in [3.05, 3.63) is 35.6 Å². The number of rotatable bonds is 6. The second-order valence-corrected chi connectivity index (χ2v) is 7.32. The standard InChI is InChI=1S/C20H30FN3O2.2ClH/c21-17-9-5-4-8-16(17)19(24-10-12-26-13-11-24)20(25)23-18(14-22)15-6-2-1-3-7-15;;/h4-5,8-9,15,18-19H,1-3,6-7,10-14,22H2,(H,23,25);2*1H. The van der Waals surface area contributed by atoms with E-state index >= 15 is 0 Å². The Kier molecular flexibility index (Phi) is 11.3. The number of hydrogen-bond acceptors (Lipinski definition) is 4. The Hall–Kier alpha value is -0.920. The third-order valence-corrected chi connectivity index (χ3v) is 5.66. The molecule has 1 aliphatic heterocycles. The van der Waals surface area contributed by atoms with E-state index in [-0.39, 0.29) is 42.6 Å². The van der Waals surface area contributed by atoms with Crippen LogP contribution in [0.2, 0.25) is 0 Å². The zero-order valence-corrected chi connectivity index (χ0v) is 17.8. The van der Waals surface area contributed by atoms with Gasteiger partial charge in [0.15, 0.2) is 0 Å². The Bertz CT molecular complexity index is 597. The van der Waals surface area contributed by atoms with Crippen molar-refractivity contribution < 1.29 is 13.9 Å². The Morgan fingerprint density at radius 3 is 2.43 bits per heavy atom. The number of nitrogens with two attached hydrogens (primary N) is 1. The van der Waals surface area contributed by atoms with Crippen molar-refractivity contribution in [1.29, 1.82) is 0 Å². The first-order valence-electron chi connectivity index (χ1n) is 9.77. The minimum atomic E-state index is -0.641. The molecule has 0 spiro atoms. The lowest BCUT2D eigenvalue weighted by molar-refractivity contribution is -0.129. The van der Waals surface area contributed by atoms with E-state index in [1.165, 1.54) is 25.3 Å². The predicted octanol–water partition coefficient (Wildman–Crippen LogP) is 3.07. The topological polar surface area (TPSA) is 67.6 Å². The highest BCUT2D eigenvalue weighted by molar-refractivity contribution is 5.85. The van der Waals surface area contributed by atoms with E-state index in [9.17, 15) is 9.18 Å². The summed E-state index contributed by atoms with van der Waals surface area (Å²) in [6.45, 7) is 2.76. The lowest BCUT2D eigenvalue weighted by atomic mass is 9.83. The summed E-state index contributed by atoms with van der Waals surface area (Å²) in [5.41, 5.74) is 6.40. The number of amides is 1. The monoisotopic (exact) mass is 435 g/mol. The molecule has 8 heteroatoms. The first kappa shape index (κ1) is 25.1. The van der Waals surface area contributed by atoms with E-state index < -0.39 is 6.04 Å². The number of nitrogens with zero attached hydrogens (tertiary/aromatic N) is 1. The molecule has 0 radical (unpaired) electrons. The summed E-state index contributed by atoms with van der Waals surface area (Å²) >= 11 is 0. The minimum Gasteiger partial charge on any atom is -0.379 e. The first-order chi connectivity index (χ1) is 12.7. The number of halogens is 3. The van der Waals surface area contributed by atoms with Gasteiger partial charge >= 0.3 is 0 Å². The third kappa shape index (κ3) is 6.29. The lowest BCUT2D eigenvalue weighted by Gasteiger charge is -2.36. The van der Waals surface area contributed by atoms with Crippen LogP contribution in [0.3, 0.4) is 0 Å². The maximum atomic E-state index is 14.5. The third-order valence-electron chi connectivity index (χ3n) is 5.66. The summed E-state index contributed by atoms with van der Waals surface area (Å²) < 4.78 is 19.9. The summed E-state index contributed by atoms with van der Waals surface area (Å²) in [5.74, 6) is -0.0808. The molecule has 160 valence electrons. The fraction of sp³-hybridized carbons (Fsp3) is 0.650. The summed E-state index contributed by atoms with van der Waals surface area (Å²) in [6, 6.07) is 5.86. The van der Waals surface area contributed by atoms with Crippen molar-refractivity contribution in [3.8, 4) is 0 Å². The second-order valence-electron chi connectivity index (χ2n) is 7.32. The van der Waals surface area contributed by atoms with E-state index in [2.05, 4.69) is 5.32 Å². The van der Waals surface area contributed by atoms with Crippen molar-refractivity contribution in [2.45, 2.75) is 44.2 Å². The molecule has 2 unspecified atom stereocenters. The van der Waals surface area contributed by atoms with Gasteiger partial charge in [-0.15, -0.1) is 24.8 Å². The summed E-state index contributed by atoms with van der Waals surface area (Å²) in [5, 5.41) is 3.15. The molecule has 28 heavy (non-hydrogen) atoms. The number of ether oxygens (including phenoxy) is 1. The molecular formula is C20H32Cl2FN3O2. The highest BCUT2D eigenvalue weighted by atomic mass is 35.5. The van der Waals surface area contributed by atoms with Crippen LogP contribution in [0.25, 0.3) is 0 Å². The molecule has 0 bridgehead atoms. The number of carbonyl (C=O) groups is 1. The first-order valence-corrected chi connectivity index (χ1v) is 9.77. The zero-order valence-electron chi connectivity index (χ0n) is 16.1. The van der Waals surface area contributed by atoms with Crippen molar-refractivity contribution in [2.75, 3.05) is 32.8 Å². The van der Waals surface area contributed by atoms with Crippen LogP contribution in [0.15, 0.2) is 24.3 Å². The van der Waals surface area contributed by atoms with E-state index in [1.807, 2.05) is 4.90 Å². The fourth-order valence-corrected chi connectivity index (χ4v) is 4.20. The van der Waals surface area contributed by atoms with E-state index in [0.29, 0.717) is 44.3 Å². The molecule has 0 aromatic heterocycles. The average Bonchev–Trinajstić information content (AvgIpc) is 2.69. The number of hydrogen-bond donors (Lipinski definition) is 2. The molecule has 1 aliphatic carbocycles. The molecule has 1 heterocycles. The van der Waals surface area contributed by atoms with Gasteiger partial charge in [-0.05, 0) is 24.8 Å². The van der Waals surface area contributed by atoms with Crippen molar-refractivity contribution in [3.63, 3.8) is 0 Å². The molecule has 2 aliphatic rings. The van der Waals surface area contributed by atoms with Gasteiger partial charge in [0, 0.05) is 31.2 Å². The van der Waals surface area contributed by atoms with Crippen LogP contribution in [0, 0.1) is 11.7 Å². The largest absolute Gasteiger partial charge is 0.379 e. The number of nitrogens with one attached hydrogen (secondary N) is 1. The molecule has 2 fully saturated rings. The highest BCUT2D eigenvalue weighted by Gasteiger charge is 2.33. The van der Waals surface area contributed by atoms with Crippen LogP contribution < -0.4 is 11.1 Å². The molecular weight excluding hydrogens is 404 g/mol. The van der Waals surface area contributed by atoms with Gasteiger partial charge in [0.05, 0.1) is 13.2 Å². The van der Waals surface area contributed by atoms with E-state index in [1.54, 1.807) is 18.2 Å². The average molecular weight is 436 g/mol. The molecule has 2 atom stereocenters. The van der Waals surface area contributed by atoms with Gasteiger partial charge in [0.1, 0.15) is 11.9 Å². The second kappa shape index (κ2) is 12.6. The normalized spacial score (nSPS) is 20.4. The summed E-state index contributed by atoms with van der Waals surface area (Å²) in [7, 11) is 0. The maximum Gasteiger partial charge on any atom is 0.242 e. The van der Waals surface area contributed by atoms with Gasteiger partial charge in [-0.3, -0.25) is 9.69 Å². The van der Waals surface area contributed by atoms with Gasteiger partial charge in [-0.25, -0.2) is 4.39 Å². The van der Waals surface area contributed by atoms with Crippen molar-refractivity contribution >= 4 is 30.7 Å². The van der Waals surface area contributed by atoms with Crippen LogP contribution in [0.4, 0.5) is 4.39 Å². The predicted molar refractivity (Wildman–Crippen MR) is 114 cm³/mol. The van der Waals surface area contributed by atoms with Gasteiger partial charge in [0.2, 0.25) is 5.91 Å². The van der Waals surface area contributed by atoms with Crippen LogP contribution in [-0.4, -0.2) is 49.7 Å². The van der Waals surface area contributed by atoms with Crippen LogP contribution >= 0.6 is 24.8 Å². The molecule has 1 saturated carbocycles. The molecule has 5 nitrogen and oxygen atoms in total. The highest BCUT2D eigenvalue weighted by Crippen LogP contribution is 2.28. The Morgan fingerprint density at radius 1 is 1.18 bits per heavy atom. The number of carbonyl (C=O) groups excluding carboxylic acids is 1. The van der Waals surface area contributed by atoms with E-state index in [0.717, 1.165) is 12.8 Å². The SMILES string of the molecule is Cl.Cl.NCC(NC(=O)C(c1ccccc1F)N1CCOCC1)C1CCCCC1. The molecule has 1 saturated heterocycles. The smallest absolute Gasteiger partial charge is 0.242 e. The molecule has 1 aromatic carbocycles. The maximum absolute atomic E-state index is 14.5. The van der Waals surface area contributed by atoms with Gasteiger partial charge in [-0.1, -0.05) is 37.5 Å². The number of morpholine rings is 1. The van der Waals surface area contributed by atoms with E-state index in [4.69, 9.17) is 10.5 Å². The van der Waals surface area contributed by atoms with Crippen molar-refractivity contribution in [1.82, 2.24) is 10.2 Å². The molecule has 3 N–H and O–H groups in total. The van der Waals surface area contributed by atoms with Crippen LogP contribution in [-0.2, 0) is 9.53 Å². The quantitative estimate of drug-likeness (QED) is 0.720. The Labute approximate surface area is 179 Å². The Morgan fingerprint density at radius 2 is 1.82 bits per heavy atom. The van der Waals surface area contributed by atoms with Crippen molar-refractivity contribution in [2.24, 2.45) is 11.7 Å². The minimum absolute atomic E-state index is 0. The van der Waals surface area contributed by atoms with Gasteiger partial charge in [-0.2, -0.15) is 0 Å². The molecule has 1 aromatic rings. The van der Waals surface area contributed by atoms with Gasteiger partial charge < -0.3 is 15.8 Å². The summed E-state index contributed by atoms with van der Waals surface area (Å²) in [6.07, 6.45) is 5.84. The number of benzene rings is 1. The van der Waals surface area contributed by atoms with Crippen LogP contribution in [0.5, 0.6) is 0 Å². The zero-order chi connectivity index (χ0) is 18.4. The molecule has 3 rings (SSSR count). The fourth-order valence-electron chi connectivity index (χ4n) is 4.20. The molecule has 1 amide bonds. The lowest BCUT2D eigenvalue weighted by Crippen LogP contribution is -2.52. The Balaban J connectivity index is 0.00000196. The summed E-state index contributed by atoms with van der Waals surface area (Å²) in [4.78, 5) is 15.2. The van der Waals surface area contributed by atoms with Gasteiger partial charge in [0.25, 0.3) is 0 Å². The van der Waals surface area contributed by atoms with Crippen LogP contribution in [0.1, 0.15) is 43.7 Å².